The predicted octanol–water partition coefficient (Wildman–Crippen LogP) is 3.14. The highest BCUT2D eigenvalue weighted by Gasteiger charge is 2.42. The first-order valence-electron chi connectivity index (χ1n) is 6.38. The lowest BCUT2D eigenvalue weighted by atomic mass is 9.69. The molecule has 0 bridgehead atoms. The van der Waals surface area contributed by atoms with Gasteiger partial charge in [-0.1, -0.05) is 38.1 Å². The molecule has 1 aromatic carbocycles. The number of hydrogen-bond donors (Lipinski definition) is 2. The standard InChI is InChI=1S/C15H21F2NO2/c1-13(2,14(3,4)18-5)10-6-8-11(9-7-10)15(16,17)12(19)20/h6-9,18H,1-5H3,(H,19,20). The number of benzene rings is 1. The van der Waals surface area contributed by atoms with Gasteiger partial charge in [-0.15, -0.1) is 0 Å². The van der Waals surface area contributed by atoms with Crippen molar-refractivity contribution in [2.75, 3.05) is 7.05 Å². The summed E-state index contributed by atoms with van der Waals surface area (Å²) >= 11 is 0. The highest BCUT2D eigenvalue weighted by Crippen LogP contribution is 2.36. The SMILES string of the molecule is CNC(C)(C)C(C)(C)c1ccc(C(F)(F)C(=O)O)cc1. The monoisotopic (exact) mass is 285 g/mol. The largest absolute Gasteiger partial charge is 0.477 e. The lowest BCUT2D eigenvalue weighted by molar-refractivity contribution is -0.166. The zero-order valence-electron chi connectivity index (χ0n) is 12.4. The molecule has 5 heteroatoms. The summed E-state index contributed by atoms with van der Waals surface area (Å²) in [6, 6.07) is 5.48. The zero-order valence-corrected chi connectivity index (χ0v) is 12.4. The van der Waals surface area contributed by atoms with Crippen molar-refractivity contribution in [2.45, 2.75) is 44.6 Å². The third-order valence-electron chi connectivity index (χ3n) is 4.43. The maximum Gasteiger partial charge on any atom is 0.379 e. The second-order valence-electron chi connectivity index (χ2n) is 5.96. The summed E-state index contributed by atoms with van der Waals surface area (Å²) in [5.41, 5.74) is -0.198. The fourth-order valence-electron chi connectivity index (χ4n) is 1.89. The van der Waals surface area contributed by atoms with Crippen LogP contribution in [0.25, 0.3) is 0 Å². The molecule has 20 heavy (non-hydrogen) atoms. The van der Waals surface area contributed by atoms with Gasteiger partial charge in [0.15, 0.2) is 0 Å². The number of halogens is 2. The van der Waals surface area contributed by atoms with Gasteiger partial charge in [0.25, 0.3) is 0 Å². The maximum atomic E-state index is 13.4. The van der Waals surface area contributed by atoms with Crippen LogP contribution in [0.15, 0.2) is 24.3 Å². The highest BCUT2D eigenvalue weighted by molar-refractivity contribution is 5.77. The van der Waals surface area contributed by atoms with Gasteiger partial charge in [0.05, 0.1) is 0 Å². The molecule has 0 aliphatic heterocycles. The Hall–Kier alpha value is -1.49. The fraction of sp³-hybridized carbons (Fsp3) is 0.533. The molecule has 1 rings (SSSR count). The number of nitrogens with one attached hydrogen (secondary N) is 1. The Morgan fingerprint density at radius 1 is 1.05 bits per heavy atom. The molecule has 0 aromatic heterocycles. The van der Waals surface area contributed by atoms with E-state index < -0.39 is 17.5 Å². The zero-order chi connectivity index (χ0) is 15.8. The minimum absolute atomic E-state index is 0.246. The summed E-state index contributed by atoms with van der Waals surface area (Å²) in [4.78, 5) is 10.5. The third kappa shape index (κ3) is 2.68. The molecule has 0 aliphatic carbocycles. The van der Waals surface area contributed by atoms with Crippen molar-refractivity contribution in [3.8, 4) is 0 Å². The molecule has 0 saturated carbocycles. The van der Waals surface area contributed by atoms with Crippen molar-refractivity contribution < 1.29 is 18.7 Å². The first kappa shape index (κ1) is 16.6. The average Bonchev–Trinajstić information content (AvgIpc) is 2.38. The number of aliphatic carboxylic acids is 1. The van der Waals surface area contributed by atoms with E-state index in [1.54, 1.807) is 12.1 Å². The first-order chi connectivity index (χ1) is 8.96. The molecular formula is C15H21F2NO2. The lowest BCUT2D eigenvalue weighted by Gasteiger charge is -2.42. The lowest BCUT2D eigenvalue weighted by Crippen LogP contribution is -2.52. The van der Waals surface area contributed by atoms with E-state index in [0.29, 0.717) is 0 Å². The van der Waals surface area contributed by atoms with Crippen LogP contribution in [0.3, 0.4) is 0 Å². The molecule has 0 spiro atoms. The molecule has 112 valence electrons. The molecule has 0 atom stereocenters. The smallest absolute Gasteiger partial charge is 0.379 e. The second-order valence-corrected chi connectivity index (χ2v) is 5.96. The quantitative estimate of drug-likeness (QED) is 0.873. The molecule has 0 unspecified atom stereocenters. The van der Waals surface area contributed by atoms with Crippen LogP contribution >= 0.6 is 0 Å². The second kappa shape index (κ2) is 5.13. The summed E-state index contributed by atoms with van der Waals surface area (Å²) in [5, 5.41) is 11.7. The van der Waals surface area contributed by atoms with Gasteiger partial charge < -0.3 is 10.4 Å². The van der Waals surface area contributed by atoms with Gasteiger partial charge >= 0.3 is 11.9 Å². The Balaban J connectivity index is 3.19. The van der Waals surface area contributed by atoms with Gasteiger partial charge in [0.2, 0.25) is 0 Å². The van der Waals surface area contributed by atoms with Crippen molar-refractivity contribution in [3.05, 3.63) is 35.4 Å². The van der Waals surface area contributed by atoms with E-state index in [4.69, 9.17) is 5.11 Å². The van der Waals surface area contributed by atoms with Crippen LogP contribution in [0.5, 0.6) is 0 Å². The molecule has 2 N–H and O–H groups in total. The topological polar surface area (TPSA) is 49.3 Å². The van der Waals surface area contributed by atoms with Crippen molar-refractivity contribution >= 4 is 5.97 Å². The van der Waals surface area contributed by atoms with Gasteiger partial charge in [-0.3, -0.25) is 0 Å². The van der Waals surface area contributed by atoms with E-state index in [9.17, 15) is 13.6 Å². The van der Waals surface area contributed by atoms with Crippen molar-refractivity contribution in [3.63, 3.8) is 0 Å². The number of carboxylic acid groups (broad SMARTS) is 1. The summed E-state index contributed by atoms with van der Waals surface area (Å²) in [6.45, 7) is 8.06. The molecule has 0 radical (unpaired) electrons. The molecule has 1 aromatic rings. The van der Waals surface area contributed by atoms with Crippen LogP contribution in [0, 0.1) is 0 Å². The Kier molecular flexibility index (Phi) is 4.25. The van der Waals surface area contributed by atoms with Crippen LogP contribution in [-0.2, 0) is 16.1 Å². The number of carboxylic acids is 1. The van der Waals surface area contributed by atoms with Crippen molar-refractivity contribution in [1.29, 1.82) is 0 Å². The van der Waals surface area contributed by atoms with Crippen molar-refractivity contribution in [1.82, 2.24) is 5.32 Å². The summed E-state index contributed by atoms with van der Waals surface area (Å²) in [6.07, 6.45) is 0. The summed E-state index contributed by atoms with van der Waals surface area (Å²) in [7, 11) is 1.84. The number of carbonyl (C=O) groups is 1. The molecule has 0 aliphatic rings. The fourth-order valence-corrected chi connectivity index (χ4v) is 1.89. The Bertz CT molecular complexity index is 493. The van der Waals surface area contributed by atoms with E-state index in [0.717, 1.165) is 5.56 Å². The number of rotatable bonds is 5. The van der Waals surface area contributed by atoms with Crippen LogP contribution in [-0.4, -0.2) is 23.7 Å². The molecule has 3 nitrogen and oxygen atoms in total. The maximum absolute atomic E-state index is 13.4. The van der Waals surface area contributed by atoms with Gasteiger partial charge in [-0.25, -0.2) is 4.79 Å². The molecular weight excluding hydrogens is 264 g/mol. The van der Waals surface area contributed by atoms with Crippen LogP contribution in [0.2, 0.25) is 0 Å². The average molecular weight is 285 g/mol. The predicted molar refractivity (Wildman–Crippen MR) is 74.1 cm³/mol. The number of likely N-dealkylation sites (N-methyl/N-ethyl adjacent to an activating group) is 1. The summed E-state index contributed by atoms with van der Waals surface area (Å²) < 4.78 is 26.8. The van der Waals surface area contributed by atoms with Crippen molar-refractivity contribution in [2.24, 2.45) is 0 Å². The Labute approximate surface area is 118 Å². The number of alkyl halides is 2. The highest BCUT2D eigenvalue weighted by atomic mass is 19.3. The van der Waals surface area contributed by atoms with E-state index in [2.05, 4.69) is 5.32 Å². The van der Waals surface area contributed by atoms with Crippen LogP contribution < -0.4 is 5.32 Å². The van der Waals surface area contributed by atoms with E-state index >= 15 is 0 Å². The van der Waals surface area contributed by atoms with Crippen LogP contribution in [0.4, 0.5) is 8.78 Å². The first-order valence-corrected chi connectivity index (χ1v) is 6.38. The van der Waals surface area contributed by atoms with Gasteiger partial charge in [-0.2, -0.15) is 8.78 Å². The van der Waals surface area contributed by atoms with E-state index in [1.165, 1.54) is 12.1 Å². The number of hydrogen-bond acceptors (Lipinski definition) is 2. The third-order valence-corrected chi connectivity index (χ3v) is 4.43. The van der Waals surface area contributed by atoms with E-state index in [1.807, 2.05) is 34.7 Å². The van der Waals surface area contributed by atoms with Crippen LogP contribution in [0.1, 0.15) is 38.8 Å². The molecule has 0 fully saturated rings. The molecule has 0 heterocycles. The van der Waals surface area contributed by atoms with E-state index in [-0.39, 0.29) is 11.0 Å². The van der Waals surface area contributed by atoms with Gasteiger partial charge in [0.1, 0.15) is 0 Å². The Morgan fingerprint density at radius 2 is 1.45 bits per heavy atom. The summed E-state index contributed by atoms with van der Waals surface area (Å²) in [5.74, 6) is -6.00. The Morgan fingerprint density at radius 3 is 1.80 bits per heavy atom. The minimum Gasteiger partial charge on any atom is -0.477 e. The normalized spacial score (nSPS) is 13.3. The van der Waals surface area contributed by atoms with Gasteiger partial charge in [0, 0.05) is 16.5 Å². The minimum atomic E-state index is -3.86. The molecule has 0 saturated heterocycles. The van der Waals surface area contributed by atoms with Gasteiger partial charge in [-0.05, 0) is 26.5 Å². The molecule has 0 amide bonds.